The van der Waals surface area contributed by atoms with Gasteiger partial charge in [0.05, 0.1) is 10.2 Å². The number of likely N-dealkylation sites (tertiary alicyclic amines) is 1. The highest BCUT2D eigenvalue weighted by Crippen LogP contribution is 2.22. The van der Waals surface area contributed by atoms with Crippen LogP contribution in [0.3, 0.4) is 0 Å². The van der Waals surface area contributed by atoms with Crippen LogP contribution in [0.2, 0.25) is 0 Å². The Kier molecular flexibility index (Phi) is 4.36. The Morgan fingerprint density at radius 3 is 2.42 bits per heavy atom. The van der Waals surface area contributed by atoms with E-state index in [4.69, 9.17) is 0 Å². The Labute approximate surface area is 143 Å². The molecule has 1 fully saturated rings. The van der Waals surface area contributed by atoms with E-state index in [-0.39, 0.29) is 31.2 Å². The van der Waals surface area contributed by atoms with E-state index in [2.05, 4.69) is 31.0 Å². The molecule has 1 aromatic heterocycles. The lowest BCUT2D eigenvalue weighted by Gasteiger charge is -2.10. The molecule has 6 nitrogen and oxygen atoms in total. The highest BCUT2D eigenvalue weighted by atomic mass is 32.1. The molecule has 0 aliphatic carbocycles. The van der Waals surface area contributed by atoms with Crippen LogP contribution in [-0.2, 0) is 20.9 Å². The zero-order chi connectivity index (χ0) is 17.4. The van der Waals surface area contributed by atoms with E-state index in [1.54, 1.807) is 0 Å². The molecule has 0 radical (unpaired) electrons. The van der Waals surface area contributed by atoms with Gasteiger partial charge in [-0.1, -0.05) is 11.3 Å². The Balaban J connectivity index is 1.98. The standard InChI is InChI=1S/C17H19N3O3S/c1-4-19-12-7-10(2)11(3)8-13(12)24-17(19)18-14(21)9-20-15(22)5-6-16(20)23/h7-8H,4-6,9H2,1-3H3. The van der Waals surface area contributed by atoms with Gasteiger partial charge in [-0.25, -0.2) is 0 Å². The van der Waals surface area contributed by atoms with Crippen LogP contribution in [0.5, 0.6) is 0 Å². The van der Waals surface area contributed by atoms with Crippen molar-refractivity contribution < 1.29 is 14.4 Å². The van der Waals surface area contributed by atoms with Gasteiger partial charge < -0.3 is 4.57 Å². The number of imide groups is 1. The number of amides is 3. The molecule has 3 rings (SSSR count). The predicted molar refractivity (Wildman–Crippen MR) is 91.5 cm³/mol. The van der Waals surface area contributed by atoms with Gasteiger partial charge in [0.1, 0.15) is 6.54 Å². The van der Waals surface area contributed by atoms with Crippen LogP contribution in [-0.4, -0.2) is 33.7 Å². The Morgan fingerprint density at radius 1 is 1.17 bits per heavy atom. The summed E-state index contributed by atoms with van der Waals surface area (Å²) in [5.74, 6) is -1.06. The van der Waals surface area contributed by atoms with Crippen molar-refractivity contribution in [2.75, 3.05) is 6.54 Å². The largest absolute Gasteiger partial charge is 0.317 e. The predicted octanol–water partition coefficient (Wildman–Crippen LogP) is 1.92. The number of carbonyl (C=O) groups is 3. The molecule has 7 heteroatoms. The Morgan fingerprint density at radius 2 is 1.79 bits per heavy atom. The number of rotatable bonds is 3. The first-order valence-electron chi connectivity index (χ1n) is 7.92. The average molecular weight is 345 g/mol. The van der Waals surface area contributed by atoms with Gasteiger partial charge in [0, 0.05) is 19.4 Å². The summed E-state index contributed by atoms with van der Waals surface area (Å²) in [4.78, 5) is 41.2. The van der Waals surface area contributed by atoms with Crippen molar-refractivity contribution in [2.24, 2.45) is 4.99 Å². The monoisotopic (exact) mass is 345 g/mol. The van der Waals surface area contributed by atoms with Gasteiger partial charge >= 0.3 is 0 Å². The van der Waals surface area contributed by atoms with Crippen molar-refractivity contribution in [3.8, 4) is 0 Å². The van der Waals surface area contributed by atoms with Crippen molar-refractivity contribution in [1.29, 1.82) is 0 Å². The molecule has 126 valence electrons. The smallest absolute Gasteiger partial charge is 0.268 e. The number of thiazole rings is 1. The molecule has 0 N–H and O–H groups in total. The molecule has 1 aliphatic heterocycles. The highest BCUT2D eigenvalue weighted by molar-refractivity contribution is 7.16. The van der Waals surface area contributed by atoms with Crippen molar-refractivity contribution in [3.63, 3.8) is 0 Å². The van der Waals surface area contributed by atoms with E-state index in [1.165, 1.54) is 22.5 Å². The molecule has 0 atom stereocenters. The van der Waals surface area contributed by atoms with E-state index < -0.39 is 5.91 Å². The Hall–Kier alpha value is -2.28. The van der Waals surface area contributed by atoms with Gasteiger partial charge in [0.15, 0.2) is 4.80 Å². The molecule has 1 saturated heterocycles. The number of carbonyl (C=O) groups excluding carboxylic acids is 3. The number of nitrogens with zero attached hydrogens (tertiary/aromatic N) is 3. The van der Waals surface area contributed by atoms with Gasteiger partial charge in [-0.2, -0.15) is 4.99 Å². The molecule has 24 heavy (non-hydrogen) atoms. The third kappa shape index (κ3) is 2.91. The summed E-state index contributed by atoms with van der Waals surface area (Å²) in [5, 5.41) is 0. The van der Waals surface area contributed by atoms with Crippen LogP contribution in [0.1, 0.15) is 30.9 Å². The zero-order valence-electron chi connectivity index (χ0n) is 14.0. The fourth-order valence-corrected chi connectivity index (χ4v) is 3.98. The molecule has 0 unspecified atom stereocenters. The summed E-state index contributed by atoms with van der Waals surface area (Å²) in [6.45, 7) is 6.53. The van der Waals surface area contributed by atoms with Crippen LogP contribution in [0, 0.1) is 13.8 Å². The molecule has 3 amide bonds. The molecular weight excluding hydrogens is 326 g/mol. The fourth-order valence-electron chi connectivity index (χ4n) is 2.79. The second kappa shape index (κ2) is 6.32. The summed E-state index contributed by atoms with van der Waals surface area (Å²) in [6, 6.07) is 4.19. The summed E-state index contributed by atoms with van der Waals surface area (Å²) in [7, 11) is 0. The van der Waals surface area contributed by atoms with Gasteiger partial charge in [0.2, 0.25) is 11.8 Å². The highest BCUT2D eigenvalue weighted by Gasteiger charge is 2.30. The van der Waals surface area contributed by atoms with Crippen LogP contribution in [0.15, 0.2) is 17.1 Å². The van der Waals surface area contributed by atoms with Crippen LogP contribution >= 0.6 is 11.3 Å². The average Bonchev–Trinajstić information content (AvgIpc) is 3.01. The number of fused-ring (bicyclic) bond motifs is 1. The fraction of sp³-hybridized carbons (Fsp3) is 0.412. The van der Waals surface area contributed by atoms with Crippen LogP contribution < -0.4 is 4.80 Å². The third-order valence-corrected chi connectivity index (χ3v) is 5.32. The molecule has 2 heterocycles. The maximum atomic E-state index is 12.2. The SMILES string of the molecule is CCn1c(=NC(=O)CN2C(=O)CCC2=O)sc2cc(C)c(C)cc21. The summed E-state index contributed by atoms with van der Waals surface area (Å²) in [5.41, 5.74) is 3.43. The molecule has 1 aliphatic rings. The number of hydrogen-bond donors (Lipinski definition) is 0. The third-order valence-electron chi connectivity index (χ3n) is 4.28. The minimum atomic E-state index is -0.471. The number of aryl methyl sites for hydroxylation is 3. The quantitative estimate of drug-likeness (QED) is 0.798. The summed E-state index contributed by atoms with van der Waals surface area (Å²) in [6.07, 6.45) is 0.366. The molecule has 0 bridgehead atoms. The lowest BCUT2D eigenvalue weighted by Crippen LogP contribution is -2.34. The first-order chi connectivity index (χ1) is 11.4. The maximum Gasteiger partial charge on any atom is 0.268 e. The second-order valence-electron chi connectivity index (χ2n) is 5.91. The van der Waals surface area contributed by atoms with E-state index in [0.717, 1.165) is 15.1 Å². The second-order valence-corrected chi connectivity index (χ2v) is 6.92. The summed E-state index contributed by atoms with van der Waals surface area (Å²) >= 11 is 1.45. The molecular formula is C17H19N3O3S. The zero-order valence-corrected chi connectivity index (χ0v) is 14.8. The van der Waals surface area contributed by atoms with Crippen molar-refractivity contribution in [3.05, 3.63) is 28.1 Å². The molecule has 0 spiro atoms. The lowest BCUT2D eigenvalue weighted by atomic mass is 10.1. The van der Waals surface area contributed by atoms with E-state index in [0.29, 0.717) is 11.3 Å². The molecule has 0 saturated carbocycles. The van der Waals surface area contributed by atoms with E-state index >= 15 is 0 Å². The number of aromatic nitrogens is 1. The Bertz CT molecular complexity index is 907. The van der Waals surface area contributed by atoms with E-state index in [1.807, 2.05) is 11.5 Å². The number of hydrogen-bond acceptors (Lipinski definition) is 4. The van der Waals surface area contributed by atoms with E-state index in [9.17, 15) is 14.4 Å². The van der Waals surface area contributed by atoms with Gasteiger partial charge in [-0.15, -0.1) is 0 Å². The maximum absolute atomic E-state index is 12.2. The minimum Gasteiger partial charge on any atom is -0.317 e. The minimum absolute atomic E-state index is 0.183. The first-order valence-corrected chi connectivity index (χ1v) is 8.73. The normalized spacial score (nSPS) is 15.8. The van der Waals surface area contributed by atoms with Crippen LogP contribution in [0.4, 0.5) is 0 Å². The van der Waals surface area contributed by atoms with Crippen molar-refractivity contribution in [2.45, 2.75) is 40.2 Å². The van der Waals surface area contributed by atoms with Gasteiger partial charge in [-0.3, -0.25) is 19.3 Å². The summed E-state index contributed by atoms with van der Waals surface area (Å²) < 4.78 is 3.05. The van der Waals surface area contributed by atoms with Gasteiger partial charge in [0.25, 0.3) is 5.91 Å². The lowest BCUT2D eigenvalue weighted by molar-refractivity contribution is -0.141. The van der Waals surface area contributed by atoms with Gasteiger partial charge in [-0.05, 0) is 44.0 Å². The van der Waals surface area contributed by atoms with Crippen LogP contribution in [0.25, 0.3) is 10.2 Å². The molecule has 2 aromatic rings. The topological polar surface area (TPSA) is 71.7 Å². The van der Waals surface area contributed by atoms with Crippen molar-refractivity contribution >= 4 is 39.3 Å². The number of benzene rings is 1. The van der Waals surface area contributed by atoms with Crippen molar-refractivity contribution in [1.82, 2.24) is 9.47 Å². The first kappa shape index (κ1) is 16.6. The molecule has 1 aromatic carbocycles.